The molecule has 1 heterocycles. The van der Waals surface area contributed by atoms with Crippen molar-refractivity contribution in [2.75, 3.05) is 24.7 Å². The van der Waals surface area contributed by atoms with Gasteiger partial charge in [0.2, 0.25) is 5.91 Å². The molecule has 2 rings (SSSR count). The SMILES string of the molecule is O=C(CC1CCS(=O)(=O)C1)NCC1(CCO)CC1. The summed E-state index contributed by atoms with van der Waals surface area (Å²) in [7, 11) is -2.89. The van der Waals surface area contributed by atoms with E-state index in [4.69, 9.17) is 5.11 Å². The fourth-order valence-electron chi connectivity index (χ4n) is 2.58. The number of aliphatic hydroxyl groups excluding tert-OH is 1. The molecular formula is C12H21NO4S. The number of carbonyl (C=O) groups excluding carboxylic acids is 1. The van der Waals surface area contributed by atoms with Crippen LogP contribution in [0.3, 0.4) is 0 Å². The second kappa shape index (κ2) is 5.17. The summed E-state index contributed by atoms with van der Waals surface area (Å²) in [5.74, 6) is 0.311. The summed E-state index contributed by atoms with van der Waals surface area (Å²) in [6, 6.07) is 0. The van der Waals surface area contributed by atoms with Gasteiger partial charge in [0.25, 0.3) is 0 Å². The molecule has 1 aliphatic heterocycles. The minimum Gasteiger partial charge on any atom is -0.396 e. The molecule has 0 radical (unpaired) electrons. The molecule has 1 unspecified atom stereocenters. The number of nitrogens with one attached hydrogen (secondary N) is 1. The minimum atomic E-state index is -2.89. The van der Waals surface area contributed by atoms with E-state index in [9.17, 15) is 13.2 Å². The average Bonchev–Trinajstić information content (AvgIpc) is 2.96. The van der Waals surface area contributed by atoms with Crippen LogP contribution < -0.4 is 5.32 Å². The van der Waals surface area contributed by atoms with E-state index in [-0.39, 0.29) is 35.4 Å². The topological polar surface area (TPSA) is 83.5 Å². The molecule has 18 heavy (non-hydrogen) atoms. The van der Waals surface area contributed by atoms with Gasteiger partial charge in [-0.25, -0.2) is 8.42 Å². The van der Waals surface area contributed by atoms with Gasteiger partial charge in [0.05, 0.1) is 11.5 Å². The summed E-state index contributed by atoms with van der Waals surface area (Å²) in [5, 5.41) is 11.8. The molecule has 1 atom stereocenters. The molecule has 2 N–H and O–H groups in total. The Morgan fingerprint density at radius 1 is 1.39 bits per heavy atom. The van der Waals surface area contributed by atoms with Crippen molar-refractivity contribution in [3.8, 4) is 0 Å². The molecule has 1 saturated heterocycles. The molecule has 0 aromatic heterocycles. The van der Waals surface area contributed by atoms with Crippen molar-refractivity contribution in [2.45, 2.75) is 32.1 Å². The Morgan fingerprint density at radius 2 is 2.11 bits per heavy atom. The van der Waals surface area contributed by atoms with Gasteiger partial charge in [-0.15, -0.1) is 0 Å². The monoisotopic (exact) mass is 275 g/mol. The largest absolute Gasteiger partial charge is 0.396 e. The highest BCUT2D eigenvalue weighted by molar-refractivity contribution is 7.91. The number of hydrogen-bond donors (Lipinski definition) is 2. The standard InChI is InChI=1S/C12H21NO4S/c14-5-4-12(2-3-12)9-13-11(15)7-10-1-6-18(16,17)8-10/h10,14H,1-9H2,(H,13,15). The van der Waals surface area contributed by atoms with Gasteiger partial charge in [-0.2, -0.15) is 0 Å². The van der Waals surface area contributed by atoms with Crippen molar-refractivity contribution < 1.29 is 18.3 Å². The predicted octanol–water partition coefficient (Wildman–Crippen LogP) is 0.0900. The molecule has 5 nitrogen and oxygen atoms in total. The minimum absolute atomic E-state index is 0.0111. The van der Waals surface area contributed by atoms with E-state index < -0.39 is 9.84 Å². The van der Waals surface area contributed by atoms with Crippen LogP contribution >= 0.6 is 0 Å². The molecule has 0 aromatic carbocycles. The number of sulfone groups is 1. The number of rotatable bonds is 6. The van der Waals surface area contributed by atoms with Gasteiger partial charge < -0.3 is 10.4 Å². The number of carbonyl (C=O) groups is 1. The van der Waals surface area contributed by atoms with E-state index in [1.54, 1.807) is 0 Å². The smallest absolute Gasteiger partial charge is 0.220 e. The van der Waals surface area contributed by atoms with E-state index in [2.05, 4.69) is 5.32 Å². The van der Waals surface area contributed by atoms with E-state index in [1.165, 1.54) is 0 Å². The van der Waals surface area contributed by atoms with E-state index in [0.717, 1.165) is 19.3 Å². The van der Waals surface area contributed by atoms with Gasteiger partial charge in [0.1, 0.15) is 0 Å². The van der Waals surface area contributed by atoms with Gasteiger partial charge in [-0.05, 0) is 37.0 Å². The lowest BCUT2D eigenvalue weighted by molar-refractivity contribution is -0.122. The van der Waals surface area contributed by atoms with Crippen LogP contribution in [0.2, 0.25) is 0 Å². The zero-order valence-corrected chi connectivity index (χ0v) is 11.3. The summed E-state index contributed by atoms with van der Waals surface area (Å²) in [6.07, 6.45) is 3.79. The lowest BCUT2D eigenvalue weighted by Gasteiger charge is -2.15. The first-order chi connectivity index (χ1) is 8.45. The molecule has 1 aliphatic carbocycles. The predicted molar refractivity (Wildman–Crippen MR) is 67.8 cm³/mol. The van der Waals surface area contributed by atoms with Crippen LogP contribution in [0.15, 0.2) is 0 Å². The van der Waals surface area contributed by atoms with Crippen molar-refractivity contribution >= 4 is 15.7 Å². The van der Waals surface area contributed by atoms with Gasteiger partial charge >= 0.3 is 0 Å². The van der Waals surface area contributed by atoms with Gasteiger partial charge in [-0.3, -0.25) is 4.79 Å². The second-order valence-corrected chi connectivity index (χ2v) is 7.95. The van der Waals surface area contributed by atoms with Crippen molar-refractivity contribution in [1.82, 2.24) is 5.32 Å². The van der Waals surface area contributed by atoms with Crippen LogP contribution in [0, 0.1) is 11.3 Å². The third kappa shape index (κ3) is 3.68. The Kier molecular flexibility index (Phi) is 3.96. The molecule has 0 bridgehead atoms. The van der Waals surface area contributed by atoms with Crippen molar-refractivity contribution in [3.05, 3.63) is 0 Å². The maximum absolute atomic E-state index is 11.7. The first-order valence-electron chi connectivity index (χ1n) is 6.53. The quantitative estimate of drug-likeness (QED) is 0.719. The summed E-state index contributed by atoms with van der Waals surface area (Å²) in [4.78, 5) is 11.7. The number of amides is 1. The second-order valence-electron chi connectivity index (χ2n) is 5.72. The van der Waals surface area contributed by atoms with Crippen LogP contribution in [0.25, 0.3) is 0 Å². The molecule has 104 valence electrons. The highest BCUT2D eigenvalue weighted by Crippen LogP contribution is 2.47. The Balaban J connectivity index is 1.70. The van der Waals surface area contributed by atoms with E-state index >= 15 is 0 Å². The Hall–Kier alpha value is -0.620. The Labute approximate surface area is 108 Å². The Bertz CT molecular complexity index is 414. The van der Waals surface area contributed by atoms with Gasteiger partial charge in [0, 0.05) is 19.6 Å². The first-order valence-corrected chi connectivity index (χ1v) is 8.35. The van der Waals surface area contributed by atoms with Gasteiger partial charge in [-0.1, -0.05) is 0 Å². The van der Waals surface area contributed by atoms with Crippen LogP contribution in [-0.2, 0) is 14.6 Å². The van der Waals surface area contributed by atoms with Gasteiger partial charge in [0.15, 0.2) is 9.84 Å². The van der Waals surface area contributed by atoms with Crippen LogP contribution in [0.1, 0.15) is 32.1 Å². The third-order valence-corrected chi connectivity index (χ3v) is 5.90. The average molecular weight is 275 g/mol. The highest BCUT2D eigenvalue weighted by Gasteiger charge is 2.42. The van der Waals surface area contributed by atoms with Crippen LogP contribution in [0.5, 0.6) is 0 Å². The van der Waals surface area contributed by atoms with Crippen LogP contribution in [0.4, 0.5) is 0 Å². The maximum atomic E-state index is 11.7. The summed E-state index contributed by atoms with van der Waals surface area (Å²) in [6.45, 7) is 0.780. The van der Waals surface area contributed by atoms with Crippen molar-refractivity contribution in [1.29, 1.82) is 0 Å². The summed E-state index contributed by atoms with van der Waals surface area (Å²) in [5.41, 5.74) is 0.117. The molecule has 0 spiro atoms. The van der Waals surface area contributed by atoms with E-state index in [1.807, 2.05) is 0 Å². The zero-order chi connectivity index (χ0) is 13.2. The summed E-state index contributed by atoms with van der Waals surface area (Å²) < 4.78 is 22.6. The first kappa shape index (κ1) is 13.8. The maximum Gasteiger partial charge on any atom is 0.220 e. The van der Waals surface area contributed by atoms with Crippen molar-refractivity contribution in [2.24, 2.45) is 11.3 Å². The number of hydrogen-bond acceptors (Lipinski definition) is 4. The Morgan fingerprint density at radius 3 is 2.61 bits per heavy atom. The fourth-order valence-corrected chi connectivity index (χ4v) is 4.44. The van der Waals surface area contributed by atoms with Crippen molar-refractivity contribution in [3.63, 3.8) is 0 Å². The molecule has 2 fully saturated rings. The number of aliphatic hydroxyl groups is 1. The zero-order valence-electron chi connectivity index (χ0n) is 10.5. The molecular weight excluding hydrogens is 254 g/mol. The third-order valence-electron chi connectivity index (χ3n) is 4.06. The van der Waals surface area contributed by atoms with E-state index in [0.29, 0.717) is 19.4 Å². The molecule has 0 aromatic rings. The normalized spacial score (nSPS) is 27.9. The lowest BCUT2D eigenvalue weighted by Crippen LogP contribution is -2.32. The lowest BCUT2D eigenvalue weighted by atomic mass is 10.0. The fraction of sp³-hybridized carbons (Fsp3) is 0.917. The van der Waals surface area contributed by atoms with Crippen LogP contribution in [-0.4, -0.2) is 44.1 Å². The molecule has 1 amide bonds. The molecule has 2 aliphatic rings. The molecule has 1 saturated carbocycles. The molecule has 6 heteroatoms. The highest BCUT2D eigenvalue weighted by atomic mass is 32.2. The summed E-state index contributed by atoms with van der Waals surface area (Å²) >= 11 is 0.